The highest BCUT2D eigenvalue weighted by Crippen LogP contribution is 2.20. The van der Waals surface area contributed by atoms with Gasteiger partial charge in [-0.3, -0.25) is 0 Å². The third-order valence-electron chi connectivity index (χ3n) is 2.92. The van der Waals surface area contributed by atoms with Crippen molar-refractivity contribution in [3.05, 3.63) is 51.4 Å². The number of hydrogen-bond acceptors (Lipinski definition) is 2. The van der Waals surface area contributed by atoms with Crippen molar-refractivity contribution < 1.29 is 17.9 Å². The fourth-order valence-electron chi connectivity index (χ4n) is 1.91. The maximum atomic E-state index is 13.5. The first-order valence-corrected chi connectivity index (χ1v) is 5.49. The molecule has 100 valence electrons. The molecule has 1 heterocycles. The van der Waals surface area contributed by atoms with E-state index in [-0.39, 0.29) is 17.8 Å². The largest absolute Gasteiger partial charge is 0.234 e. The average Bonchev–Trinajstić information content (AvgIpc) is 2.58. The van der Waals surface area contributed by atoms with Crippen LogP contribution in [0.3, 0.4) is 0 Å². The Labute approximate surface area is 106 Å². The van der Waals surface area contributed by atoms with E-state index in [1.165, 1.54) is 4.68 Å². The number of rotatable bonds is 3. The highest BCUT2D eigenvalue weighted by molar-refractivity contribution is 5.42. The van der Waals surface area contributed by atoms with Crippen LogP contribution in [0.1, 0.15) is 17.0 Å². The Morgan fingerprint density at radius 3 is 2.26 bits per heavy atom. The lowest BCUT2D eigenvalue weighted by atomic mass is 10.2. The SMILES string of the molecule is Cc1[nH][n+](Cc2c(F)cc(F)cc2F)c(C)c1N=O. The summed E-state index contributed by atoms with van der Waals surface area (Å²) in [6, 6.07) is 1.23. The summed E-state index contributed by atoms with van der Waals surface area (Å²) < 4.78 is 41.2. The Morgan fingerprint density at radius 2 is 1.79 bits per heavy atom. The van der Waals surface area contributed by atoms with Crippen LogP contribution in [-0.4, -0.2) is 5.10 Å². The summed E-state index contributed by atoms with van der Waals surface area (Å²) in [5.74, 6) is -2.92. The highest BCUT2D eigenvalue weighted by Gasteiger charge is 2.23. The molecule has 0 saturated heterocycles. The van der Waals surface area contributed by atoms with E-state index < -0.39 is 17.5 Å². The minimum Gasteiger partial charge on any atom is -0.207 e. The molecule has 0 aliphatic heterocycles. The second-order valence-corrected chi connectivity index (χ2v) is 4.20. The predicted molar refractivity (Wildman–Crippen MR) is 61.3 cm³/mol. The van der Waals surface area contributed by atoms with E-state index in [2.05, 4.69) is 10.3 Å². The van der Waals surface area contributed by atoms with Crippen LogP contribution in [0.15, 0.2) is 17.3 Å². The number of aryl methyl sites for hydroxylation is 1. The van der Waals surface area contributed by atoms with E-state index in [1.807, 2.05) is 0 Å². The van der Waals surface area contributed by atoms with E-state index in [1.54, 1.807) is 13.8 Å². The molecule has 0 amide bonds. The van der Waals surface area contributed by atoms with E-state index in [9.17, 15) is 18.1 Å². The molecule has 2 aromatic rings. The first-order valence-electron chi connectivity index (χ1n) is 5.49. The Hall–Kier alpha value is -2.18. The summed E-state index contributed by atoms with van der Waals surface area (Å²) >= 11 is 0. The number of hydrogen-bond donors (Lipinski definition) is 1. The maximum absolute atomic E-state index is 13.5. The van der Waals surface area contributed by atoms with Crippen LogP contribution in [0.5, 0.6) is 0 Å². The molecule has 2 rings (SSSR count). The molecule has 0 saturated carbocycles. The van der Waals surface area contributed by atoms with Gasteiger partial charge in [-0.25, -0.2) is 13.2 Å². The van der Waals surface area contributed by atoms with Gasteiger partial charge in [0.25, 0.3) is 0 Å². The van der Waals surface area contributed by atoms with Gasteiger partial charge in [0.1, 0.15) is 23.1 Å². The zero-order valence-corrected chi connectivity index (χ0v) is 10.3. The summed E-state index contributed by atoms with van der Waals surface area (Å²) in [6.07, 6.45) is 0. The van der Waals surface area contributed by atoms with Gasteiger partial charge in [0.15, 0.2) is 0 Å². The molecule has 1 N–H and O–H groups in total. The standard InChI is InChI=1S/C12H10F3N3O/c1-6-12(17-19)7(2)18(16-6)5-9-10(14)3-8(13)4-11(9)15/h3-4H,5H2,1-2H3/p+1. The Balaban J connectivity index is 2.45. The van der Waals surface area contributed by atoms with Gasteiger partial charge in [-0.2, -0.15) is 5.10 Å². The fourth-order valence-corrected chi connectivity index (χ4v) is 1.91. The molecule has 0 radical (unpaired) electrons. The van der Waals surface area contributed by atoms with Crippen LogP contribution < -0.4 is 4.68 Å². The normalized spacial score (nSPS) is 10.8. The number of aromatic amines is 1. The van der Waals surface area contributed by atoms with Crippen LogP contribution in [0, 0.1) is 36.2 Å². The first-order chi connectivity index (χ1) is 8.93. The molecular formula is C12H11F3N3O+. The van der Waals surface area contributed by atoms with Crippen molar-refractivity contribution in [2.24, 2.45) is 5.18 Å². The third kappa shape index (κ3) is 2.35. The lowest BCUT2D eigenvalue weighted by molar-refractivity contribution is -0.748. The Morgan fingerprint density at radius 1 is 1.21 bits per heavy atom. The molecule has 0 unspecified atom stereocenters. The molecule has 7 heteroatoms. The van der Waals surface area contributed by atoms with Gasteiger partial charge in [-0.1, -0.05) is 0 Å². The maximum Gasteiger partial charge on any atom is 0.234 e. The number of aromatic nitrogens is 2. The van der Waals surface area contributed by atoms with Crippen molar-refractivity contribution in [1.29, 1.82) is 0 Å². The van der Waals surface area contributed by atoms with Gasteiger partial charge >= 0.3 is 0 Å². The van der Waals surface area contributed by atoms with E-state index in [0.717, 1.165) is 0 Å². The number of benzene rings is 1. The van der Waals surface area contributed by atoms with Gasteiger partial charge < -0.3 is 0 Å². The van der Waals surface area contributed by atoms with Crippen LogP contribution in [0.2, 0.25) is 0 Å². The monoisotopic (exact) mass is 270 g/mol. The van der Waals surface area contributed by atoms with Crippen molar-refractivity contribution in [1.82, 2.24) is 5.10 Å². The minimum absolute atomic E-state index is 0.180. The molecule has 0 fully saturated rings. The molecule has 19 heavy (non-hydrogen) atoms. The molecule has 1 aromatic heterocycles. The number of nitrogens with one attached hydrogen (secondary N) is 1. The number of nitroso groups, excluding NO2 is 1. The second kappa shape index (κ2) is 4.83. The van der Waals surface area contributed by atoms with E-state index in [4.69, 9.17) is 0 Å². The lowest BCUT2D eigenvalue weighted by Gasteiger charge is -2.01. The van der Waals surface area contributed by atoms with Crippen molar-refractivity contribution in [3.8, 4) is 0 Å². The molecule has 0 bridgehead atoms. The van der Waals surface area contributed by atoms with Gasteiger partial charge in [-0.05, 0) is 12.1 Å². The molecule has 4 nitrogen and oxygen atoms in total. The summed E-state index contributed by atoms with van der Waals surface area (Å²) in [4.78, 5) is 10.6. The van der Waals surface area contributed by atoms with Crippen molar-refractivity contribution >= 4 is 5.69 Å². The number of H-pyrrole nitrogens is 1. The van der Waals surface area contributed by atoms with Gasteiger partial charge in [0, 0.05) is 19.1 Å². The fraction of sp³-hybridized carbons (Fsp3) is 0.250. The number of halogens is 3. The summed E-state index contributed by atoms with van der Waals surface area (Å²) in [7, 11) is 0. The van der Waals surface area contributed by atoms with Crippen LogP contribution >= 0.6 is 0 Å². The Kier molecular flexibility index (Phi) is 3.37. The summed E-state index contributed by atoms with van der Waals surface area (Å²) in [6.45, 7) is 3.04. The predicted octanol–water partition coefficient (Wildman–Crippen LogP) is 2.78. The molecule has 0 spiro atoms. The van der Waals surface area contributed by atoms with Gasteiger partial charge in [0.2, 0.25) is 17.9 Å². The number of nitrogens with zero attached hydrogens (tertiary/aromatic N) is 2. The lowest BCUT2D eigenvalue weighted by Crippen LogP contribution is -2.39. The molecular weight excluding hydrogens is 259 g/mol. The Bertz CT molecular complexity index is 629. The van der Waals surface area contributed by atoms with Gasteiger partial charge in [-0.15, -0.1) is 9.59 Å². The van der Waals surface area contributed by atoms with Crippen LogP contribution in [0.4, 0.5) is 18.9 Å². The first kappa shape index (κ1) is 13.3. The second-order valence-electron chi connectivity index (χ2n) is 4.20. The highest BCUT2D eigenvalue weighted by atomic mass is 19.1. The smallest absolute Gasteiger partial charge is 0.207 e. The van der Waals surface area contributed by atoms with Crippen molar-refractivity contribution in [2.75, 3.05) is 0 Å². The average molecular weight is 270 g/mol. The van der Waals surface area contributed by atoms with Crippen LogP contribution in [0.25, 0.3) is 0 Å². The van der Waals surface area contributed by atoms with E-state index >= 15 is 0 Å². The summed E-state index contributed by atoms with van der Waals surface area (Å²) in [5, 5.41) is 5.62. The third-order valence-corrected chi connectivity index (χ3v) is 2.92. The zero-order chi connectivity index (χ0) is 14.2. The topological polar surface area (TPSA) is 49.1 Å². The molecule has 1 aromatic carbocycles. The minimum atomic E-state index is -0.975. The summed E-state index contributed by atoms with van der Waals surface area (Å²) in [5.41, 5.74) is 0.863. The molecule has 0 atom stereocenters. The molecule has 0 aliphatic rings. The van der Waals surface area contributed by atoms with Crippen molar-refractivity contribution in [3.63, 3.8) is 0 Å². The molecule has 0 aliphatic carbocycles. The van der Waals surface area contributed by atoms with E-state index in [0.29, 0.717) is 23.5 Å². The quantitative estimate of drug-likeness (QED) is 0.676. The van der Waals surface area contributed by atoms with Crippen LogP contribution in [-0.2, 0) is 6.54 Å². The van der Waals surface area contributed by atoms with Crippen molar-refractivity contribution in [2.45, 2.75) is 20.4 Å². The van der Waals surface area contributed by atoms with Gasteiger partial charge in [0.05, 0.1) is 5.56 Å². The zero-order valence-electron chi connectivity index (χ0n) is 10.3.